The third-order valence-corrected chi connectivity index (χ3v) is 2.79. The smallest absolute Gasteiger partial charge is 0.170 e. The number of rotatable bonds is 7. The molecule has 0 atom stereocenters. The van der Waals surface area contributed by atoms with Gasteiger partial charge in [0.2, 0.25) is 0 Å². The summed E-state index contributed by atoms with van der Waals surface area (Å²) in [6.45, 7) is 2.02. The molecule has 0 radical (unpaired) electrons. The predicted molar refractivity (Wildman–Crippen MR) is 71.7 cm³/mol. The molecule has 0 spiro atoms. The number of nitrogens with zero attached hydrogens (tertiary/aromatic N) is 2. The molecule has 0 aliphatic heterocycles. The van der Waals surface area contributed by atoms with Crippen LogP contribution < -0.4 is 5.73 Å². The van der Waals surface area contributed by atoms with Crippen molar-refractivity contribution in [3.8, 4) is 0 Å². The number of benzene rings is 1. The number of nitrogens with two attached hydrogens (primary N) is 1. The van der Waals surface area contributed by atoms with E-state index in [4.69, 9.17) is 15.7 Å². The van der Waals surface area contributed by atoms with Crippen molar-refractivity contribution in [1.82, 2.24) is 4.90 Å². The lowest BCUT2D eigenvalue weighted by atomic mass is 10.1. The molecular weight excluding hydrogens is 249 g/mol. The number of hydrogen-bond acceptors (Lipinski definition) is 4. The van der Waals surface area contributed by atoms with Gasteiger partial charge in [0.15, 0.2) is 5.84 Å². The van der Waals surface area contributed by atoms with Gasteiger partial charge >= 0.3 is 0 Å². The Labute approximate surface area is 112 Å². The lowest BCUT2D eigenvalue weighted by molar-refractivity contribution is 0.178. The van der Waals surface area contributed by atoms with E-state index in [0.29, 0.717) is 24.3 Å². The second-order valence-corrected chi connectivity index (χ2v) is 4.38. The highest BCUT2D eigenvalue weighted by Crippen LogP contribution is 2.12. The first kappa shape index (κ1) is 15.4. The molecule has 106 valence electrons. The minimum Gasteiger partial charge on any atom is -0.409 e. The van der Waals surface area contributed by atoms with Crippen molar-refractivity contribution in [3.63, 3.8) is 0 Å². The van der Waals surface area contributed by atoms with Gasteiger partial charge < -0.3 is 20.6 Å². The van der Waals surface area contributed by atoms with Crippen LogP contribution in [0.3, 0.4) is 0 Å². The lowest BCUT2D eigenvalue weighted by Crippen LogP contribution is -2.21. The number of ether oxygens (including phenoxy) is 1. The van der Waals surface area contributed by atoms with Gasteiger partial charge in [-0.1, -0.05) is 17.3 Å². The van der Waals surface area contributed by atoms with Crippen LogP contribution in [0.4, 0.5) is 4.39 Å². The third kappa shape index (κ3) is 4.84. The van der Waals surface area contributed by atoms with E-state index in [9.17, 15) is 4.39 Å². The molecule has 0 aromatic heterocycles. The zero-order chi connectivity index (χ0) is 14.3. The average molecular weight is 269 g/mol. The number of hydrogen-bond donors (Lipinski definition) is 2. The standard InChI is InChI=1S/C13H20FN3O2/c1-17(6-3-7-19-2)9-11-5-4-10(8-12(11)14)13(15)16-18/h4-5,8,18H,3,6-7,9H2,1-2H3,(H2,15,16). The Balaban J connectivity index is 2.64. The van der Waals surface area contributed by atoms with Crippen molar-refractivity contribution < 1.29 is 14.3 Å². The number of methoxy groups -OCH3 is 1. The summed E-state index contributed by atoms with van der Waals surface area (Å²) in [5, 5.41) is 11.4. The highest BCUT2D eigenvalue weighted by atomic mass is 19.1. The largest absolute Gasteiger partial charge is 0.409 e. The molecule has 1 rings (SSSR count). The van der Waals surface area contributed by atoms with Gasteiger partial charge in [-0.15, -0.1) is 0 Å². The second kappa shape index (κ2) is 7.70. The fraction of sp³-hybridized carbons (Fsp3) is 0.462. The number of halogens is 1. The third-order valence-electron chi connectivity index (χ3n) is 2.79. The summed E-state index contributed by atoms with van der Waals surface area (Å²) in [5.74, 6) is -0.457. The molecule has 0 fully saturated rings. The topological polar surface area (TPSA) is 71.1 Å². The second-order valence-electron chi connectivity index (χ2n) is 4.38. The molecule has 0 saturated heterocycles. The first-order chi connectivity index (χ1) is 9.08. The van der Waals surface area contributed by atoms with Crippen LogP contribution in [0.1, 0.15) is 17.5 Å². The van der Waals surface area contributed by atoms with E-state index < -0.39 is 0 Å². The lowest BCUT2D eigenvalue weighted by Gasteiger charge is -2.17. The van der Waals surface area contributed by atoms with Crippen LogP contribution in [0.2, 0.25) is 0 Å². The van der Waals surface area contributed by atoms with Crippen molar-refractivity contribution >= 4 is 5.84 Å². The Morgan fingerprint density at radius 1 is 1.53 bits per heavy atom. The van der Waals surface area contributed by atoms with Crippen LogP contribution in [0.25, 0.3) is 0 Å². The fourth-order valence-electron chi connectivity index (χ4n) is 1.74. The van der Waals surface area contributed by atoms with Gasteiger partial charge in [0, 0.05) is 37.9 Å². The van der Waals surface area contributed by atoms with E-state index in [1.54, 1.807) is 19.2 Å². The summed E-state index contributed by atoms with van der Waals surface area (Å²) < 4.78 is 18.8. The number of amidine groups is 1. The molecule has 19 heavy (non-hydrogen) atoms. The van der Waals surface area contributed by atoms with Crippen LogP contribution in [-0.4, -0.2) is 43.3 Å². The molecule has 5 nitrogen and oxygen atoms in total. The van der Waals surface area contributed by atoms with Crippen LogP contribution in [-0.2, 0) is 11.3 Å². The monoisotopic (exact) mass is 269 g/mol. The molecule has 0 unspecified atom stereocenters. The van der Waals surface area contributed by atoms with E-state index in [1.807, 2.05) is 11.9 Å². The Hall–Kier alpha value is -1.66. The molecule has 1 aromatic carbocycles. The Bertz CT molecular complexity index is 438. The molecule has 0 aliphatic carbocycles. The molecule has 0 aliphatic rings. The molecule has 1 aromatic rings. The average Bonchev–Trinajstić information content (AvgIpc) is 2.40. The summed E-state index contributed by atoms with van der Waals surface area (Å²) in [4.78, 5) is 2.01. The maximum atomic E-state index is 13.9. The van der Waals surface area contributed by atoms with E-state index in [-0.39, 0.29) is 11.7 Å². The Kier molecular flexibility index (Phi) is 6.24. The highest BCUT2D eigenvalue weighted by molar-refractivity contribution is 5.97. The highest BCUT2D eigenvalue weighted by Gasteiger charge is 2.08. The first-order valence-electron chi connectivity index (χ1n) is 6.02. The van der Waals surface area contributed by atoms with Crippen LogP contribution in [0.5, 0.6) is 0 Å². The fourth-order valence-corrected chi connectivity index (χ4v) is 1.74. The Morgan fingerprint density at radius 2 is 2.26 bits per heavy atom. The quantitative estimate of drug-likeness (QED) is 0.258. The number of oxime groups is 1. The zero-order valence-electron chi connectivity index (χ0n) is 11.3. The molecule has 0 amide bonds. The normalized spacial score (nSPS) is 12.1. The molecular formula is C13H20FN3O2. The van der Waals surface area contributed by atoms with Gasteiger partial charge in [0.05, 0.1) is 0 Å². The SMILES string of the molecule is COCCCN(C)Cc1ccc(/C(N)=N/O)cc1F. The maximum Gasteiger partial charge on any atom is 0.170 e. The van der Waals surface area contributed by atoms with Crippen LogP contribution in [0.15, 0.2) is 23.4 Å². The van der Waals surface area contributed by atoms with E-state index >= 15 is 0 Å². The van der Waals surface area contributed by atoms with Crippen molar-refractivity contribution in [2.24, 2.45) is 10.9 Å². The van der Waals surface area contributed by atoms with Crippen LogP contribution in [0, 0.1) is 5.82 Å². The molecule has 6 heteroatoms. The molecule has 0 heterocycles. The van der Waals surface area contributed by atoms with Gasteiger partial charge in [-0.2, -0.15) is 0 Å². The van der Waals surface area contributed by atoms with Crippen molar-refractivity contribution in [3.05, 3.63) is 35.1 Å². The maximum absolute atomic E-state index is 13.9. The minimum atomic E-state index is -0.359. The van der Waals surface area contributed by atoms with Gasteiger partial charge in [-0.25, -0.2) is 4.39 Å². The minimum absolute atomic E-state index is 0.0982. The van der Waals surface area contributed by atoms with E-state index in [0.717, 1.165) is 13.0 Å². The summed E-state index contributed by atoms with van der Waals surface area (Å²) in [5.41, 5.74) is 6.35. The van der Waals surface area contributed by atoms with E-state index in [2.05, 4.69) is 5.16 Å². The molecule has 3 N–H and O–H groups in total. The Morgan fingerprint density at radius 3 is 2.84 bits per heavy atom. The summed E-state index contributed by atoms with van der Waals surface area (Å²) in [6, 6.07) is 4.55. The van der Waals surface area contributed by atoms with Gasteiger partial charge in [-0.05, 0) is 19.5 Å². The van der Waals surface area contributed by atoms with Gasteiger partial charge in [0.1, 0.15) is 5.82 Å². The van der Waals surface area contributed by atoms with Gasteiger partial charge in [0.25, 0.3) is 0 Å². The summed E-state index contributed by atoms with van der Waals surface area (Å²) in [7, 11) is 3.58. The first-order valence-corrected chi connectivity index (χ1v) is 6.02. The van der Waals surface area contributed by atoms with Crippen LogP contribution >= 0.6 is 0 Å². The molecule has 0 saturated carbocycles. The van der Waals surface area contributed by atoms with Gasteiger partial charge in [-0.3, -0.25) is 0 Å². The molecule has 0 bridgehead atoms. The van der Waals surface area contributed by atoms with Crippen molar-refractivity contribution in [2.45, 2.75) is 13.0 Å². The van der Waals surface area contributed by atoms with Crippen molar-refractivity contribution in [2.75, 3.05) is 27.3 Å². The zero-order valence-corrected chi connectivity index (χ0v) is 11.3. The van der Waals surface area contributed by atoms with Crippen molar-refractivity contribution in [1.29, 1.82) is 0 Å². The van der Waals surface area contributed by atoms with E-state index in [1.165, 1.54) is 6.07 Å². The summed E-state index contributed by atoms with van der Waals surface area (Å²) in [6.07, 6.45) is 0.900. The summed E-state index contributed by atoms with van der Waals surface area (Å²) >= 11 is 0. The predicted octanol–water partition coefficient (Wildman–Crippen LogP) is 1.39.